The van der Waals surface area contributed by atoms with E-state index in [2.05, 4.69) is 34.4 Å². The van der Waals surface area contributed by atoms with Crippen LogP contribution < -0.4 is 0 Å². The van der Waals surface area contributed by atoms with E-state index in [1.807, 2.05) is 12.3 Å². The van der Waals surface area contributed by atoms with Gasteiger partial charge in [-0.1, -0.05) is 0 Å². The summed E-state index contributed by atoms with van der Waals surface area (Å²) in [7, 11) is 0. The molecule has 1 aromatic rings. The Labute approximate surface area is 71.2 Å². The molecular formula is C9H15GeN. The number of nitrogens with zero attached hydrogens (tertiary/aromatic N) is 1. The summed E-state index contributed by atoms with van der Waals surface area (Å²) in [6.45, 7) is 0. The van der Waals surface area contributed by atoms with Gasteiger partial charge in [0.1, 0.15) is 0 Å². The number of hydrogen-bond acceptors (Lipinski definition) is 1. The summed E-state index contributed by atoms with van der Waals surface area (Å²) in [6, 6.07) is 6.16. The SMILES string of the molecule is [CH3][Ge]([CH3])([CH3])[CH2]c1ccccn1. The third-order valence-electron chi connectivity index (χ3n) is 1.44. The number of pyridine rings is 1. The van der Waals surface area contributed by atoms with Crippen LogP contribution in [0.2, 0.25) is 17.3 Å². The van der Waals surface area contributed by atoms with E-state index < -0.39 is 13.3 Å². The van der Waals surface area contributed by atoms with Gasteiger partial charge in [-0.2, -0.15) is 0 Å². The molecule has 0 fully saturated rings. The molecule has 1 rings (SSSR count). The molecule has 2 heteroatoms. The molecule has 0 atom stereocenters. The first-order valence-electron chi connectivity index (χ1n) is 3.98. The van der Waals surface area contributed by atoms with Crippen molar-refractivity contribution in [1.82, 2.24) is 4.98 Å². The van der Waals surface area contributed by atoms with Crippen molar-refractivity contribution >= 4 is 13.3 Å². The number of aromatic nitrogens is 1. The number of hydrogen-bond donors (Lipinski definition) is 0. The quantitative estimate of drug-likeness (QED) is 0.683. The molecule has 0 unspecified atom stereocenters. The summed E-state index contributed by atoms with van der Waals surface area (Å²) in [4.78, 5) is 4.31. The fourth-order valence-corrected chi connectivity index (χ4v) is 3.76. The molecule has 0 aliphatic carbocycles. The molecule has 0 aliphatic heterocycles. The minimum atomic E-state index is -1.42. The first-order chi connectivity index (χ1) is 5.08. The van der Waals surface area contributed by atoms with E-state index in [1.165, 1.54) is 10.9 Å². The van der Waals surface area contributed by atoms with Crippen LogP contribution in [0.5, 0.6) is 0 Å². The minimum absolute atomic E-state index is 1.24. The van der Waals surface area contributed by atoms with Crippen molar-refractivity contribution in [1.29, 1.82) is 0 Å². The second-order valence-corrected chi connectivity index (χ2v) is 15.5. The molecule has 0 saturated carbocycles. The maximum atomic E-state index is 4.31. The van der Waals surface area contributed by atoms with Gasteiger partial charge in [-0.25, -0.2) is 0 Å². The summed E-state index contributed by atoms with van der Waals surface area (Å²) >= 11 is -1.42. The van der Waals surface area contributed by atoms with Crippen molar-refractivity contribution < 1.29 is 0 Å². The van der Waals surface area contributed by atoms with Gasteiger partial charge in [-0.05, 0) is 0 Å². The van der Waals surface area contributed by atoms with Gasteiger partial charge in [0.15, 0.2) is 0 Å². The Kier molecular flexibility index (Phi) is 2.71. The predicted molar refractivity (Wildman–Crippen MR) is 51.3 cm³/mol. The molecule has 60 valence electrons. The summed E-state index contributed by atoms with van der Waals surface area (Å²) in [5.41, 5.74) is 1.26. The molecule has 0 aliphatic rings. The fraction of sp³-hybridized carbons (Fsp3) is 0.444. The van der Waals surface area contributed by atoms with Crippen LogP contribution in [0.1, 0.15) is 5.69 Å². The second kappa shape index (κ2) is 3.39. The van der Waals surface area contributed by atoms with Gasteiger partial charge >= 0.3 is 70.9 Å². The molecule has 1 aromatic heterocycles. The molecule has 0 N–H and O–H groups in total. The molecular weight excluding hydrogens is 195 g/mol. The normalized spacial score (nSPS) is 11.5. The zero-order valence-corrected chi connectivity index (χ0v) is 9.56. The molecule has 0 amide bonds. The first kappa shape index (κ1) is 8.79. The average molecular weight is 210 g/mol. The Bertz CT molecular complexity index is 213. The van der Waals surface area contributed by atoms with E-state index in [0.717, 1.165) is 0 Å². The van der Waals surface area contributed by atoms with Crippen molar-refractivity contribution in [3.8, 4) is 0 Å². The topological polar surface area (TPSA) is 12.9 Å². The Morgan fingerprint density at radius 1 is 1.27 bits per heavy atom. The van der Waals surface area contributed by atoms with Crippen LogP contribution in [0.15, 0.2) is 24.4 Å². The van der Waals surface area contributed by atoms with Gasteiger partial charge in [-0.3, -0.25) is 0 Å². The zero-order valence-electron chi connectivity index (χ0n) is 7.46. The molecule has 0 bridgehead atoms. The predicted octanol–water partition coefficient (Wildman–Crippen LogP) is 2.50. The molecule has 0 aromatic carbocycles. The van der Waals surface area contributed by atoms with Crippen molar-refractivity contribution in [3.63, 3.8) is 0 Å². The van der Waals surface area contributed by atoms with E-state index in [0.29, 0.717) is 0 Å². The average Bonchev–Trinajstić information content (AvgIpc) is 1.85. The molecule has 11 heavy (non-hydrogen) atoms. The molecule has 0 spiro atoms. The fourth-order valence-electron chi connectivity index (χ4n) is 1.05. The maximum absolute atomic E-state index is 4.31. The van der Waals surface area contributed by atoms with Crippen molar-refractivity contribution in [2.45, 2.75) is 22.5 Å². The van der Waals surface area contributed by atoms with E-state index >= 15 is 0 Å². The van der Waals surface area contributed by atoms with Gasteiger partial charge < -0.3 is 0 Å². The molecule has 0 saturated heterocycles. The second-order valence-electron chi connectivity index (χ2n) is 4.06. The van der Waals surface area contributed by atoms with E-state index in [9.17, 15) is 0 Å². The Morgan fingerprint density at radius 3 is 2.45 bits per heavy atom. The molecule has 0 radical (unpaired) electrons. The Morgan fingerprint density at radius 2 is 2.00 bits per heavy atom. The van der Waals surface area contributed by atoms with Gasteiger partial charge in [0.25, 0.3) is 0 Å². The van der Waals surface area contributed by atoms with Crippen LogP contribution >= 0.6 is 0 Å². The van der Waals surface area contributed by atoms with Crippen LogP contribution in [0, 0.1) is 0 Å². The van der Waals surface area contributed by atoms with Crippen molar-refractivity contribution in [2.75, 3.05) is 0 Å². The van der Waals surface area contributed by atoms with Crippen LogP contribution in [0.25, 0.3) is 0 Å². The van der Waals surface area contributed by atoms with Gasteiger partial charge in [0, 0.05) is 0 Å². The summed E-state index contributed by atoms with van der Waals surface area (Å²) in [5, 5.41) is 1.24. The third kappa shape index (κ3) is 3.56. The third-order valence-corrected chi connectivity index (χ3v) is 4.42. The standard InChI is InChI=1S/C9H15GeN/c1-10(2,3)8-9-6-4-5-7-11-9/h4-7H,8H2,1-3H3. The van der Waals surface area contributed by atoms with Crippen LogP contribution in [0.4, 0.5) is 0 Å². The number of rotatable bonds is 2. The molecule has 1 heterocycles. The van der Waals surface area contributed by atoms with Crippen molar-refractivity contribution in [3.05, 3.63) is 30.1 Å². The first-order valence-corrected chi connectivity index (χ1v) is 11.8. The van der Waals surface area contributed by atoms with Gasteiger partial charge in [0.2, 0.25) is 0 Å². The molecule has 1 nitrogen and oxygen atoms in total. The van der Waals surface area contributed by atoms with Crippen LogP contribution in [-0.2, 0) is 5.25 Å². The Balaban J connectivity index is 2.66. The van der Waals surface area contributed by atoms with E-state index in [1.54, 1.807) is 0 Å². The van der Waals surface area contributed by atoms with E-state index in [4.69, 9.17) is 0 Å². The monoisotopic (exact) mass is 211 g/mol. The zero-order chi connectivity index (χ0) is 8.32. The van der Waals surface area contributed by atoms with Crippen molar-refractivity contribution in [2.24, 2.45) is 0 Å². The van der Waals surface area contributed by atoms with Gasteiger partial charge in [-0.15, -0.1) is 0 Å². The van der Waals surface area contributed by atoms with Crippen LogP contribution in [-0.4, -0.2) is 18.3 Å². The summed E-state index contributed by atoms with van der Waals surface area (Å²) in [5.74, 6) is 7.23. The summed E-state index contributed by atoms with van der Waals surface area (Å²) < 4.78 is 0. The summed E-state index contributed by atoms with van der Waals surface area (Å²) in [6.07, 6.45) is 1.88. The Hall–Kier alpha value is -0.307. The van der Waals surface area contributed by atoms with E-state index in [-0.39, 0.29) is 0 Å². The van der Waals surface area contributed by atoms with Crippen LogP contribution in [0.3, 0.4) is 0 Å². The van der Waals surface area contributed by atoms with Gasteiger partial charge in [0.05, 0.1) is 0 Å².